The lowest BCUT2D eigenvalue weighted by Gasteiger charge is -2.35. The van der Waals surface area contributed by atoms with Gasteiger partial charge in [0, 0.05) is 14.1 Å². The number of fused-ring (bicyclic) bond motifs is 5. The Morgan fingerprint density at radius 1 is 0.500 bits per heavy atom. The summed E-state index contributed by atoms with van der Waals surface area (Å²) >= 11 is 0. The number of likely N-dealkylation sites (N-methyl/N-ethyl adjacent to an activating group) is 2. The van der Waals surface area contributed by atoms with E-state index in [1.165, 1.54) is 23.9 Å². The Labute approximate surface area is 185 Å². The Morgan fingerprint density at radius 2 is 0.844 bits per heavy atom. The summed E-state index contributed by atoms with van der Waals surface area (Å²) in [5.41, 5.74) is 1.70. The van der Waals surface area contributed by atoms with Crippen molar-refractivity contribution < 1.29 is 19.2 Å². The first-order valence-electron chi connectivity index (χ1n) is 10.7. The second-order valence-corrected chi connectivity index (χ2v) is 8.88. The highest BCUT2D eigenvalue weighted by molar-refractivity contribution is 6.10. The molecule has 4 saturated heterocycles. The molecule has 4 heterocycles. The summed E-state index contributed by atoms with van der Waals surface area (Å²) in [6.07, 6.45) is 0. The first-order chi connectivity index (χ1) is 15.4. The summed E-state index contributed by atoms with van der Waals surface area (Å²) in [6, 6.07) is 16.4. The first-order valence-corrected chi connectivity index (χ1v) is 10.7. The van der Waals surface area contributed by atoms with Crippen molar-refractivity contribution in [2.75, 3.05) is 14.1 Å². The van der Waals surface area contributed by atoms with Gasteiger partial charge in [-0.2, -0.15) is 0 Å². The summed E-state index contributed by atoms with van der Waals surface area (Å²) in [6.45, 7) is 0. The van der Waals surface area contributed by atoms with E-state index in [0.717, 1.165) is 11.1 Å². The predicted octanol–water partition coefficient (Wildman–Crippen LogP) is 0.982. The molecule has 0 aromatic heterocycles. The van der Waals surface area contributed by atoms with Crippen LogP contribution in [0.2, 0.25) is 0 Å². The van der Waals surface area contributed by atoms with E-state index in [2.05, 4.69) is 0 Å². The van der Waals surface area contributed by atoms with Crippen LogP contribution in [0.3, 0.4) is 0 Å². The van der Waals surface area contributed by atoms with Crippen LogP contribution in [0.25, 0.3) is 0 Å². The average molecular weight is 430 g/mol. The van der Waals surface area contributed by atoms with Crippen LogP contribution in [0, 0.1) is 11.8 Å². The van der Waals surface area contributed by atoms with Gasteiger partial charge in [-0.15, -0.1) is 0 Å². The number of hydrazine groups is 1. The zero-order chi connectivity index (χ0) is 22.3. The predicted molar refractivity (Wildman–Crippen MR) is 112 cm³/mol. The third-order valence-corrected chi connectivity index (χ3v) is 7.45. The fourth-order valence-corrected chi connectivity index (χ4v) is 6.08. The second kappa shape index (κ2) is 6.57. The highest BCUT2D eigenvalue weighted by Gasteiger charge is 2.72. The summed E-state index contributed by atoms with van der Waals surface area (Å²) in [5, 5.41) is 3.75. The molecule has 0 aliphatic carbocycles. The number of rotatable bonds is 2. The van der Waals surface area contributed by atoms with Gasteiger partial charge in [0.15, 0.2) is 0 Å². The topological polar surface area (TPSA) is 81.2 Å². The summed E-state index contributed by atoms with van der Waals surface area (Å²) in [4.78, 5) is 55.5. The Balaban J connectivity index is 1.60. The number of hydrogen-bond donors (Lipinski definition) is 0. The number of imide groups is 2. The molecule has 2 aromatic rings. The van der Waals surface area contributed by atoms with Crippen molar-refractivity contribution in [3.63, 3.8) is 0 Å². The lowest BCUT2D eigenvalue weighted by atomic mass is 9.84. The fraction of sp³-hybridized carbons (Fsp3) is 0.333. The quantitative estimate of drug-likeness (QED) is 0.661. The number of likely N-dealkylation sites (tertiary alicyclic amines) is 2. The molecule has 8 heteroatoms. The number of carbonyl (C=O) groups excluding carboxylic acids is 4. The van der Waals surface area contributed by atoms with Gasteiger partial charge in [0.1, 0.15) is 12.1 Å². The van der Waals surface area contributed by atoms with Crippen LogP contribution in [-0.2, 0) is 19.2 Å². The Hall–Kier alpha value is -3.36. The van der Waals surface area contributed by atoms with Crippen LogP contribution >= 0.6 is 0 Å². The number of amides is 4. The highest BCUT2D eigenvalue weighted by atomic mass is 16.2. The van der Waals surface area contributed by atoms with Gasteiger partial charge >= 0.3 is 0 Å². The number of carbonyl (C=O) groups is 4. The highest BCUT2D eigenvalue weighted by Crippen LogP contribution is 2.58. The minimum atomic E-state index is -0.751. The van der Waals surface area contributed by atoms with E-state index in [-0.39, 0.29) is 23.6 Å². The molecule has 4 aliphatic rings. The molecule has 4 fully saturated rings. The molecule has 162 valence electrons. The van der Waals surface area contributed by atoms with Crippen molar-refractivity contribution in [2.24, 2.45) is 11.8 Å². The number of hydrogen-bond acceptors (Lipinski definition) is 6. The molecule has 8 nitrogen and oxygen atoms in total. The zero-order valence-electron chi connectivity index (χ0n) is 17.7. The maximum atomic E-state index is 13.3. The van der Waals surface area contributed by atoms with Gasteiger partial charge in [-0.1, -0.05) is 60.7 Å². The van der Waals surface area contributed by atoms with Gasteiger partial charge in [-0.25, -0.2) is 10.0 Å². The fourth-order valence-electron chi connectivity index (χ4n) is 6.08. The molecule has 32 heavy (non-hydrogen) atoms. The van der Waals surface area contributed by atoms with E-state index < -0.39 is 36.0 Å². The van der Waals surface area contributed by atoms with Gasteiger partial charge < -0.3 is 0 Å². The lowest BCUT2D eigenvalue weighted by Crippen LogP contribution is -2.49. The molecule has 4 amide bonds. The van der Waals surface area contributed by atoms with Crippen LogP contribution in [0.1, 0.15) is 23.2 Å². The molecule has 6 atom stereocenters. The van der Waals surface area contributed by atoms with E-state index in [9.17, 15) is 19.2 Å². The standard InChI is InChI=1S/C24H22N4O4/c1-25-21(29)15-17(13-9-5-3-6-10-13)28-20-16(22(30)26(2)24(20)32)18(14-11-7-4-8-12-14)27(28)19(15)23(25)31/h3-12,15-20H,1-2H3/t15-,16+,17-,18+,19-,20-/m1/s1. The molecule has 0 N–H and O–H groups in total. The van der Waals surface area contributed by atoms with Crippen molar-refractivity contribution in [3.05, 3.63) is 71.8 Å². The normalized spacial score (nSPS) is 34.4. The minimum Gasteiger partial charge on any atom is -0.284 e. The first kappa shape index (κ1) is 19.3. The molecule has 0 radical (unpaired) electrons. The lowest BCUT2D eigenvalue weighted by molar-refractivity contribution is -0.151. The average Bonchev–Trinajstić information content (AvgIpc) is 3.46. The molecule has 0 unspecified atom stereocenters. The largest absolute Gasteiger partial charge is 0.284 e. The zero-order valence-corrected chi connectivity index (χ0v) is 17.7. The van der Waals surface area contributed by atoms with Crippen molar-refractivity contribution in [1.82, 2.24) is 19.8 Å². The van der Waals surface area contributed by atoms with Crippen molar-refractivity contribution >= 4 is 23.6 Å². The molecule has 6 rings (SSSR count). The molecule has 0 bridgehead atoms. The van der Waals surface area contributed by atoms with E-state index in [4.69, 9.17) is 0 Å². The van der Waals surface area contributed by atoms with Crippen LogP contribution in [0.5, 0.6) is 0 Å². The maximum Gasteiger partial charge on any atom is 0.248 e. The van der Waals surface area contributed by atoms with Gasteiger partial charge in [-0.05, 0) is 11.1 Å². The van der Waals surface area contributed by atoms with E-state index in [1.54, 1.807) is 0 Å². The van der Waals surface area contributed by atoms with Crippen LogP contribution in [-0.4, -0.2) is 69.6 Å². The van der Waals surface area contributed by atoms with Gasteiger partial charge in [0.2, 0.25) is 23.6 Å². The Morgan fingerprint density at radius 3 is 1.19 bits per heavy atom. The van der Waals surface area contributed by atoms with Crippen LogP contribution < -0.4 is 0 Å². The van der Waals surface area contributed by atoms with Gasteiger partial charge in [0.25, 0.3) is 0 Å². The Kier molecular flexibility index (Phi) is 3.97. The molecule has 2 aromatic carbocycles. The monoisotopic (exact) mass is 430 g/mol. The second-order valence-electron chi connectivity index (χ2n) is 8.88. The smallest absolute Gasteiger partial charge is 0.248 e. The summed E-state index contributed by atoms with van der Waals surface area (Å²) in [7, 11) is 3.02. The molecule has 0 saturated carbocycles. The molecular weight excluding hydrogens is 408 g/mol. The van der Waals surface area contributed by atoms with Crippen molar-refractivity contribution in [1.29, 1.82) is 0 Å². The van der Waals surface area contributed by atoms with Gasteiger partial charge in [-0.3, -0.25) is 29.0 Å². The SMILES string of the molecule is CN1C(=O)[C@@H]2[C@H](C1=O)N1[C@H](c3ccccc3)[C@H]3C(=O)N(C)C(=O)[C@@H]3N1[C@H]2c1ccccc1. The van der Waals surface area contributed by atoms with Crippen molar-refractivity contribution in [2.45, 2.75) is 24.2 Å². The van der Waals surface area contributed by atoms with Gasteiger partial charge in [0.05, 0.1) is 23.9 Å². The summed E-state index contributed by atoms with van der Waals surface area (Å²) < 4.78 is 0. The Bertz CT molecular complexity index is 1060. The molecular formula is C24H22N4O4. The minimum absolute atomic E-state index is 0.253. The number of nitrogens with zero attached hydrogens (tertiary/aromatic N) is 4. The maximum absolute atomic E-state index is 13.3. The molecule has 4 aliphatic heterocycles. The van der Waals surface area contributed by atoms with E-state index >= 15 is 0 Å². The third kappa shape index (κ3) is 2.23. The third-order valence-electron chi connectivity index (χ3n) is 7.45. The summed E-state index contributed by atoms with van der Waals surface area (Å²) in [5.74, 6) is -2.38. The van der Waals surface area contributed by atoms with Crippen LogP contribution in [0.15, 0.2) is 60.7 Å². The van der Waals surface area contributed by atoms with E-state index in [0.29, 0.717) is 0 Å². The van der Waals surface area contributed by atoms with E-state index in [1.807, 2.05) is 70.7 Å². The van der Waals surface area contributed by atoms with Crippen LogP contribution in [0.4, 0.5) is 0 Å². The van der Waals surface area contributed by atoms with Crippen molar-refractivity contribution in [3.8, 4) is 0 Å². The number of benzene rings is 2. The molecule has 0 spiro atoms.